The molecule has 2 rings (SSSR count). The van der Waals surface area contributed by atoms with Gasteiger partial charge in [-0.25, -0.2) is 4.39 Å². The first-order valence-electron chi connectivity index (χ1n) is 5.57. The van der Waals surface area contributed by atoms with Crippen molar-refractivity contribution in [2.24, 2.45) is 0 Å². The molecule has 0 bridgehead atoms. The molecule has 0 fully saturated rings. The monoisotopic (exact) mass is 257 g/mol. The SMILES string of the molecule is Cc1cccc(CSc2ccc(C#N)cc2F)c1. The molecule has 0 atom stereocenters. The Bertz CT molecular complexity index is 602. The predicted octanol–water partition coefficient (Wildman–Crippen LogP) is 4.30. The van der Waals surface area contributed by atoms with Crippen LogP contribution in [-0.2, 0) is 5.75 Å². The summed E-state index contributed by atoms with van der Waals surface area (Å²) in [5.41, 5.74) is 2.73. The first-order valence-corrected chi connectivity index (χ1v) is 6.55. The number of nitriles is 1. The zero-order valence-corrected chi connectivity index (χ0v) is 10.8. The number of hydrogen-bond acceptors (Lipinski definition) is 2. The van der Waals surface area contributed by atoms with E-state index in [0.717, 1.165) is 5.75 Å². The van der Waals surface area contributed by atoms with E-state index in [1.807, 2.05) is 31.2 Å². The standard InChI is InChI=1S/C15H12FNS/c1-11-3-2-4-13(7-11)10-18-15-6-5-12(9-17)8-14(15)16/h2-8H,10H2,1H3. The molecule has 0 aliphatic rings. The van der Waals surface area contributed by atoms with Gasteiger partial charge in [0.15, 0.2) is 0 Å². The molecular formula is C15H12FNS. The van der Waals surface area contributed by atoms with Crippen molar-refractivity contribution in [1.29, 1.82) is 5.26 Å². The summed E-state index contributed by atoms with van der Waals surface area (Å²) in [6.07, 6.45) is 0. The molecule has 1 nitrogen and oxygen atoms in total. The van der Waals surface area contributed by atoms with Crippen molar-refractivity contribution in [2.75, 3.05) is 0 Å². The van der Waals surface area contributed by atoms with Gasteiger partial charge in [0.05, 0.1) is 11.6 Å². The van der Waals surface area contributed by atoms with Crippen LogP contribution in [0.5, 0.6) is 0 Å². The van der Waals surface area contributed by atoms with Gasteiger partial charge in [0.25, 0.3) is 0 Å². The highest BCUT2D eigenvalue weighted by Crippen LogP contribution is 2.26. The zero-order chi connectivity index (χ0) is 13.0. The Morgan fingerprint density at radius 1 is 1.22 bits per heavy atom. The summed E-state index contributed by atoms with van der Waals surface area (Å²) >= 11 is 1.44. The maximum Gasteiger partial charge on any atom is 0.138 e. The van der Waals surface area contributed by atoms with E-state index in [-0.39, 0.29) is 5.82 Å². The molecule has 0 spiro atoms. The van der Waals surface area contributed by atoms with Gasteiger partial charge in [-0.15, -0.1) is 11.8 Å². The van der Waals surface area contributed by atoms with Crippen LogP contribution in [0.1, 0.15) is 16.7 Å². The Labute approximate surface area is 110 Å². The Hall–Kier alpha value is -1.79. The minimum Gasteiger partial charge on any atom is -0.206 e. The lowest BCUT2D eigenvalue weighted by Gasteiger charge is -2.04. The van der Waals surface area contributed by atoms with Gasteiger partial charge < -0.3 is 0 Å². The first kappa shape index (κ1) is 12.7. The highest BCUT2D eigenvalue weighted by Gasteiger charge is 2.04. The van der Waals surface area contributed by atoms with Crippen LogP contribution in [0.15, 0.2) is 47.4 Å². The van der Waals surface area contributed by atoms with Crippen LogP contribution < -0.4 is 0 Å². The van der Waals surface area contributed by atoms with Crippen molar-refractivity contribution in [3.05, 3.63) is 65.0 Å². The third-order valence-corrected chi connectivity index (χ3v) is 3.66. The van der Waals surface area contributed by atoms with Crippen molar-refractivity contribution in [1.82, 2.24) is 0 Å². The van der Waals surface area contributed by atoms with Crippen molar-refractivity contribution in [3.63, 3.8) is 0 Å². The number of nitrogens with zero attached hydrogens (tertiary/aromatic N) is 1. The fourth-order valence-electron chi connectivity index (χ4n) is 1.65. The largest absolute Gasteiger partial charge is 0.206 e. The quantitative estimate of drug-likeness (QED) is 0.765. The number of rotatable bonds is 3. The minimum atomic E-state index is -0.327. The lowest BCUT2D eigenvalue weighted by Crippen LogP contribution is -1.86. The van der Waals surface area contributed by atoms with Crippen molar-refractivity contribution < 1.29 is 4.39 Å². The summed E-state index contributed by atoms with van der Waals surface area (Å²) in [4.78, 5) is 0.579. The molecule has 0 heterocycles. The topological polar surface area (TPSA) is 23.8 Å². The normalized spacial score (nSPS) is 10.1. The molecule has 0 unspecified atom stereocenters. The summed E-state index contributed by atoms with van der Waals surface area (Å²) in [7, 11) is 0. The predicted molar refractivity (Wildman–Crippen MR) is 71.9 cm³/mol. The number of thioether (sulfide) groups is 1. The number of benzene rings is 2. The van der Waals surface area contributed by atoms with E-state index >= 15 is 0 Å². The van der Waals surface area contributed by atoms with Gasteiger partial charge in [0.2, 0.25) is 0 Å². The van der Waals surface area contributed by atoms with E-state index in [1.165, 1.54) is 29.0 Å². The number of halogens is 1. The van der Waals surface area contributed by atoms with Crippen LogP contribution in [0.2, 0.25) is 0 Å². The fraction of sp³-hybridized carbons (Fsp3) is 0.133. The molecule has 0 N–H and O–H groups in total. The molecule has 0 saturated carbocycles. The molecule has 18 heavy (non-hydrogen) atoms. The Balaban J connectivity index is 2.09. The van der Waals surface area contributed by atoms with E-state index in [4.69, 9.17) is 5.26 Å². The van der Waals surface area contributed by atoms with Crippen LogP contribution in [0.3, 0.4) is 0 Å². The number of aryl methyl sites for hydroxylation is 1. The summed E-state index contributed by atoms with van der Waals surface area (Å²) < 4.78 is 13.6. The van der Waals surface area contributed by atoms with Gasteiger partial charge in [0, 0.05) is 10.6 Å². The van der Waals surface area contributed by atoms with Gasteiger partial charge in [-0.05, 0) is 30.7 Å². The Morgan fingerprint density at radius 3 is 2.72 bits per heavy atom. The van der Waals surface area contributed by atoms with E-state index < -0.39 is 0 Å². The average molecular weight is 257 g/mol. The molecule has 2 aromatic rings. The first-order chi connectivity index (χ1) is 8.69. The minimum absolute atomic E-state index is 0.327. The van der Waals surface area contributed by atoms with E-state index in [0.29, 0.717) is 10.5 Å². The van der Waals surface area contributed by atoms with E-state index in [9.17, 15) is 4.39 Å². The van der Waals surface area contributed by atoms with Crippen LogP contribution in [0.25, 0.3) is 0 Å². The van der Waals surface area contributed by atoms with Crippen molar-refractivity contribution in [2.45, 2.75) is 17.6 Å². The van der Waals surface area contributed by atoms with Gasteiger partial charge in [-0.2, -0.15) is 5.26 Å². The summed E-state index contributed by atoms with van der Waals surface area (Å²) in [6, 6.07) is 14.7. The van der Waals surface area contributed by atoms with Crippen LogP contribution >= 0.6 is 11.8 Å². The van der Waals surface area contributed by atoms with E-state index in [2.05, 4.69) is 6.07 Å². The van der Waals surface area contributed by atoms with Crippen LogP contribution in [0.4, 0.5) is 4.39 Å². The third kappa shape index (κ3) is 3.12. The average Bonchev–Trinajstić information content (AvgIpc) is 2.37. The Morgan fingerprint density at radius 2 is 2.06 bits per heavy atom. The molecule has 0 amide bonds. The lowest BCUT2D eigenvalue weighted by molar-refractivity contribution is 0.601. The van der Waals surface area contributed by atoms with Gasteiger partial charge >= 0.3 is 0 Å². The molecule has 2 aromatic carbocycles. The molecular weight excluding hydrogens is 245 g/mol. The Kier molecular flexibility index (Phi) is 4.01. The molecule has 0 aromatic heterocycles. The van der Waals surface area contributed by atoms with E-state index in [1.54, 1.807) is 12.1 Å². The second-order valence-electron chi connectivity index (χ2n) is 4.03. The number of hydrogen-bond donors (Lipinski definition) is 0. The maximum atomic E-state index is 13.6. The summed E-state index contributed by atoms with van der Waals surface area (Å²) in [5, 5.41) is 8.67. The molecule has 0 aliphatic carbocycles. The van der Waals surface area contributed by atoms with Gasteiger partial charge in [-0.1, -0.05) is 29.8 Å². The zero-order valence-electron chi connectivity index (χ0n) is 9.98. The fourth-order valence-corrected chi connectivity index (χ4v) is 2.51. The van der Waals surface area contributed by atoms with Gasteiger partial charge in [0.1, 0.15) is 5.82 Å². The maximum absolute atomic E-state index is 13.6. The van der Waals surface area contributed by atoms with Crippen LogP contribution in [0, 0.1) is 24.1 Å². The highest BCUT2D eigenvalue weighted by atomic mass is 32.2. The lowest BCUT2D eigenvalue weighted by atomic mass is 10.2. The van der Waals surface area contributed by atoms with Crippen molar-refractivity contribution in [3.8, 4) is 6.07 Å². The molecule has 0 saturated heterocycles. The molecule has 0 aliphatic heterocycles. The summed E-state index contributed by atoms with van der Waals surface area (Å²) in [6.45, 7) is 2.04. The summed E-state index contributed by atoms with van der Waals surface area (Å²) in [5.74, 6) is 0.400. The molecule has 0 radical (unpaired) electrons. The molecule has 90 valence electrons. The second kappa shape index (κ2) is 5.70. The molecule has 3 heteroatoms. The highest BCUT2D eigenvalue weighted by molar-refractivity contribution is 7.98. The van der Waals surface area contributed by atoms with Crippen LogP contribution in [-0.4, -0.2) is 0 Å². The van der Waals surface area contributed by atoms with Crippen molar-refractivity contribution >= 4 is 11.8 Å². The van der Waals surface area contributed by atoms with Gasteiger partial charge in [-0.3, -0.25) is 0 Å². The third-order valence-electron chi connectivity index (χ3n) is 2.54. The second-order valence-corrected chi connectivity index (χ2v) is 5.05. The smallest absolute Gasteiger partial charge is 0.138 e.